The summed E-state index contributed by atoms with van der Waals surface area (Å²) < 4.78 is 4.95. The highest BCUT2D eigenvalue weighted by molar-refractivity contribution is 9.10. The Kier molecular flexibility index (Phi) is 8.70. The highest BCUT2D eigenvalue weighted by atomic mass is 79.9. The zero-order chi connectivity index (χ0) is 21.4. The van der Waals surface area contributed by atoms with Gasteiger partial charge in [0.1, 0.15) is 5.82 Å². The van der Waals surface area contributed by atoms with Gasteiger partial charge >= 0.3 is 6.09 Å². The highest BCUT2D eigenvalue weighted by Crippen LogP contribution is 2.32. The van der Waals surface area contributed by atoms with Crippen molar-refractivity contribution >= 4 is 27.9 Å². The molecule has 7 nitrogen and oxygen atoms in total. The van der Waals surface area contributed by atoms with Gasteiger partial charge in [0, 0.05) is 17.4 Å². The maximum Gasteiger partial charge on any atom is 0.404 e. The Balaban J connectivity index is 0.000000537. The molecule has 3 N–H and O–H groups in total. The van der Waals surface area contributed by atoms with Crippen molar-refractivity contribution in [1.82, 2.24) is 14.9 Å². The molecule has 1 aliphatic heterocycles. The second kappa shape index (κ2) is 11.0. The quantitative estimate of drug-likeness (QED) is 0.671. The van der Waals surface area contributed by atoms with Crippen LogP contribution < -0.4 is 5.73 Å². The van der Waals surface area contributed by atoms with Gasteiger partial charge in [-0.3, -0.25) is 4.79 Å². The summed E-state index contributed by atoms with van der Waals surface area (Å²) in [5.74, 6) is 1.60. The molecule has 3 rings (SSSR count). The third-order valence-corrected chi connectivity index (χ3v) is 5.59. The van der Waals surface area contributed by atoms with E-state index in [-0.39, 0.29) is 11.9 Å². The van der Waals surface area contributed by atoms with Crippen LogP contribution in [0, 0.1) is 5.92 Å². The van der Waals surface area contributed by atoms with E-state index < -0.39 is 6.09 Å². The third kappa shape index (κ3) is 6.59. The number of imidazole rings is 1. The molecule has 0 bridgehead atoms. The number of likely N-dealkylation sites (tertiary alicyclic amines) is 1. The van der Waals surface area contributed by atoms with Crippen molar-refractivity contribution in [2.45, 2.75) is 45.6 Å². The van der Waals surface area contributed by atoms with Crippen LogP contribution in [0.2, 0.25) is 0 Å². The van der Waals surface area contributed by atoms with Crippen LogP contribution in [0.1, 0.15) is 51.4 Å². The first-order chi connectivity index (χ1) is 13.8. The number of nitrogens with zero attached hydrogens (tertiary/aromatic N) is 2. The van der Waals surface area contributed by atoms with Gasteiger partial charge in [-0.25, -0.2) is 9.78 Å². The Labute approximate surface area is 180 Å². The normalized spacial score (nSPS) is 16.7. The van der Waals surface area contributed by atoms with E-state index in [1.54, 1.807) is 0 Å². The number of rotatable bonds is 5. The Morgan fingerprint density at radius 2 is 2.03 bits per heavy atom. The summed E-state index contributed by atoms with van der Waals surface area (Å²) in [6, 6.07) is 8.25. The molecule has 0 radical (unpaired) electrons. The zero-order valence-corrected chi connectivity index (χ0v) is 18.7. The van der Waals surface area contributed by atoms with Crippen molar-refractivity contribution in [2.75, 3.05) is 13.7 Å². The van der Waals surface area contributed by atoms with Crippen molar-refractivity contribution in [1.29, 1.82) is 0 Å². The van der Waals surface area contributed by atoms with Crippen molar-refractivity contribution in [3.05, 3.63) is 40.8 Å². The summed E-state index contributed by atoms with van der Waals surface area (Å²) in [5.41, 5.74) is 6.53. The molecule has 29 heavy (non-hydrogen) atoms. The number of H-pyrrole nitrogens is 1. The Morgan fingerprint density at radius 3 is 2.62 bits per heavy atom. The average Bonchev–Trinajstić information content (AvgIpc) is 3.38. The lowest BCUT2D eigenvalue weighted by molar-refractivity contribution is -0.133. The number of nitrogens with two attached hydrogens (primary N) is 1. The monoisotopic (exact) mass is 464 g/mol. The molecule has 2 atom stereocenters. The van der Waals surface area contributed by atoms with Gasteiger partial charge in [0.15, 0.2) is 0 Å². The standard InChI is InChI=1S/C19H24BrN3O.C2H5NO2/c1-3-13(2)11-18(24)23-10-4-5-17(23)19-21-12-16(22-19)14-6-8-15(20)9-7-14;1-5-2(3)4/h6-9,12-13,17H,3-5,10-11H2,1-2H3,(H,21,22);1H3,(H2,3,4)/t13-,17?;/m0./s1. The summed E-state index contributed by atoms with van der Waals surface area (Å²) in [6.45, 7) is 5.12. The van der Waals surface area contributed by atoms with Crippen LogP contribution in [0.5, 0.6) is 0 Å². The summed E-state index contributed by atoms with van der Waals surface area (Å²) in [7, 11) is 1.22. The summed E-state index contributed by atoms with van der Waals surface area (Å²) >= 11 is 3.46. The number of carbonyl (C=O) groups is 2. The molecule has 8 heteroatoms. The van der Waals surface area contributed by atoms with Crippen LogP contribution in [-0.4, -0.2) is 40.5 Å². The smallest absolute Gasteiger partial charge is 0.404 e. The number of aromatic nitrogens is 2. The molecule has 0 saturated carbocycles. The minimum atomic E-state index is -0.745. The van der Waals surface area contributed by atoms with Gasteiger partial charge in [0.25, 0.3) is 0 Å². The first-order valence-electron chi connectivity index (χ1n) is 9.79. The molecule has 1 unspecified atom stereocenters. The number of carbonyl (C=O) groups excluding carboxylic acids is 2. The SMILES string of the molecule is CC[C@H](C)CC(=O)N1CCCC1c1ncc(-c2ccc(Br)cc2)[nH]1.COC(N)=O. The van der Waals surface area contributed by atoms with E-state index in [1.807, 2.05) is 23.2 Å². The van der Waals surface area contributed by atoms with E-state index in [9.17, 15) is 9.59 Å². The zero-order valence-electron chi connectivity index (χ0n) is 17.2. The molecular formula is C21H29BrN4O3. The topological polar surface area (TPSA) is 101 Å². The molecule has 1 aromatic carbocycles. The van der Waals surface area contributed by atoms with E-state index in [4.69, 9.17) is 0 Å². The fraction of sp³-hybridized carbons (Fsp3) is 0.476. The van der Waals surface area contributed by atoms with E-state index in [0.717, 1.165) is 47.4 Å². The molecule has 0 spiro atoms. The van der Waals surface area contributed by atoms with Gasteiger partial charge in [-0.15, -0.1) is 0 Å². The van der Waals surface area contributed by atoms with Gasteiger partial charge in [0.2, 0.25) is 5.91 Å². The van der Waals surface area contributed by atoms with Gasteiger partial charge < -0.3 is 20.4 Å². The van der Waals surface area contributed by atoms with Crippen LogP contribution >= 0.6 is 15.9 Å². The van der Waals surface area contributed by atoms with Gasteiger partial charge in [-0.1, -0.05) is 48.3 Å². The molecule has 1 aliphatic rings. The van der Waals surface area contributed by atoms with Crippen molar-refractivity contribution in [2.24, 2.45) is 11.7 Å². The molecule has 2 heterocycles. The highest BCUT2D eigenvalue weighted by Gasteiger charge is 2.32. The molecule has 158 valence electrons. The van der Waals surface area contributed by atoms with Crippen molar-refractivity contribution in [3.63, 3.8) is 0 Å². The van der Waals surface area contributed by atoms with E-state index in [0.29, 0.717) is 12.3 Å². The lowest BCUT2D eigenvalue weighted by Crippen LogP contribution is -2.32. The van der Waals surface area contributed by atoms with Crippen LogP contribution in [0.4, 0.5) is 4.79 Å². The Bertz CT molecular complexity index is 807. The lowest BCUT2D eigenvalue weighted by Gasteiger charge is -2.24. The number of hydrogen-bond acceptors (Lipinski definition) is 4. The number of amides is 2. The fourth-order valence-electron chi connectivity index (χ4n) is 3.19. The maximum atomic E-state index is 12.6. The largest absolute Gasteiger partial charge is 0.453 e. The Hall–Kier alpha value is -2.35. The van der Waals surface area contributed by atoms with Crippen molar-refractivity contribution in [3.8, 4) is 11.3 Å². The molecular weight excluding hydrogens is 436 g/mol. The second-order valence-corrected chi connectivity index (χ2v) is 8.09. The van der Waals surface area contributed by atoms with Gasteiger partial charge in [0.05, 0.1) is 25.0 Å². The van der Waals surface area contributed by atoms with Gasteiger partial charge in [-0.2, -0.15) is 0 Å². The minimum Gasteiger partial charge on any atom is -0.453 e. The molecule has 1 fully saturated rings. The number of benzene rings is 1. The molecule has 1 aromatic heterocycles. The second-order valence-electron chi connectivity index (χ2n) is 7.17. The molecule has 1 saturated heterocycles. The van der Waals surface area contributed by atoms with E-state index in [2.05, 4.69) is 62.3 Å². The Morgan fingerprint density at radius 1 is 1.38 bits per heavy atom. The number of halogens is 1. The number of hydrogen-bond donors (Lipinski definition) is 2. The molecule has 0 aliphatic carbocycles. The number of ether oxygens (including phenoxy) is 1. The fourth-order valence-corrected chi connectivity index (χ4v) is 3.46. The predicted octanol–water partition coefficient (Wildman–Crippen LogP) is 4.65. The van der Waals surface area contributed by atoms with Crippen LogP contribution in [0.3, 0.4) is 0 Å². The van der Waals surface area contributed by atoms with E-state index >= 15 is 0 Å². The number of methoxy groups -OCH3 is 1. The van der Waals surface area contributed by atoms with Crippen LogP contribution in [-0.2, 0) is 9.53 Å². The summed E-state index contributed by atoms with van der Waals surface area (Å²) in [4.78, 5) is 32.0. The third-order valence-electron chi connectivity index (χ3n) is 5.06. The predicted molar refractivity (Wildman–Crippen MR) is 116 cm³/mol. The van der Waals surface area contributed by atoms with Crippen LogP contribution in [0.25, 0.3) is 11.3 Å². The summed E-state index contributed by atoms with van der Waals surface area (Å²) in [5, 5.41) is 0. The van der Waals surface area contributed by atoms with Gasteiger partial charge in [-0.05, 0) is 36.5 Å². The maximum absolute atomic E-state index is 12.6. The lowest BCUT2D eigenvalue weighted by atomic mass is 10.0. The average molecular weight is 465 g/mol. The first kappa shape index (κ1) is 22.9. The van der Waals surface area contributed by atoms with Crippen LogP contribution in [0.15, 0.2) is 34.9 Å². The molecule has 2 aromatic rings. The minimum absolute atomic E-state index is 0.0887. The molecule has 2 amide bonds. The summed E-state index contributed by atoms with van der Waals surface area (Å²) in [6.07, 6.45) is 4.83. The van der Waals surface area contributed by atoms with Crippen molar-refractivity contribution < 1.29 is 14.3 Å². The first-order valence-corrected chi connectivity index (χ1v) is 10.6. The number of primary amides is 1. The number of aromatic amines is 1. The van der Waals surface area contributed by atoms with E-state index in [1.165, 1.54) is 7.11 Å². The number of nitrogens with one attached hydrogen (secondary N) is 1.